The van der Waals surface area contributed by atoms with Crippen LogP contribution in [0, 0.1) is 5.92 Å². The van der Waals surface area contributed by atoms with Gasteiger partial charge in [0.2, 0.25) is 10.0 Å². The molecule has 0 bridgehead atoms. The van der Waals surface area contributed by atoms with Crippen LogP contribution in [0.3, 0.4) is 0 Å². The van der Waals surface area contributed by atoms with Crippen molar-refractivity contribution in [1.82, 2.24) is 4.90 Å². The summed E-state index contributed by atoms with van der Waals surface area (Å²) >= 11 is 0. The molecular formula is C18H28N2O3S. The summed E-state index contributed by atoms with van der Waals surface area (Å²) in [6.07, 6.45) is 4.81. The molecule has 2 aliphatic heterocycles. The van der Waals surface area contributed by atoms with E-state index in [4.69, 9.17) is 0 Å². The minimum atomic E-state index is -3.24. The maximum absolute atomic E-state index is 11.9. The molecule has 1 aromatic carbocycles. The van der Waals surface area contributed by atoms with E-state index in [1.165, 1.54) is 23.4 Å². The Hall–Kier alpha value is -1.11. The number of aliphatic hydroxyl groups is 1. The van der Waals surface area contributed by atoms with Crippen LogP contribution in [0.2, 0.25) is 0 Å². The zero-order valence-electron chi connectivity index (χ0n) is 14.6. The fourth-order valence-electron chi connectivity index (χ4n) is 3.73. The summed E-state index contributed by atoms with van der Waals surface area (Å²) in [5, 5.41) is 10.6. The van der Waals surface area contributed by atoms with Gasteiger partial charge in [0.25, 0.3) is 0 Å². The Balaban J connectivity index is 1.73. The summed E-state index contributed by atoms with van der Waals surface area (Å²) in [7, 11) is -3.24. The van der Waals surface area contributed by atoms with Gasteiger partial charge in [0.15, 0.2) is 0 Å². The molecule has 1 fully saturated rings. The molecule has 1 N–H and O–H groups in total. The van der Waals surface area contributed by atoms with E-state index in [1.54, 1.807) is 0 Å². The monoisotopic (exact) mass is 352 g/mol. The number of aliphatic hydroxyl groups excluding tert-OH is 1. The van der Waals surface area contributed by atoms with Gasteiger partial charge in [0.05, 0.1) is 18.0 Å². The molecule has 0 aliphatic carbocycles. The number of benzene rings is 1. The molecule has 2 heterocycles. The summed E-state index contributed by atoms with van der Waals surface area (Å²) in [6, 6.07) is 5.72. The maximum atomic E-state index is 11.9. The number of sulfonamides is 1. The molecule has 0 amide bonds. The second-order valence-electron chi connectivity index (χ2n) is 7.33. The lowest BCUT2D eigenvalue weighted by atomic mass is 9.96. The lowest BCUT2D eigenvalue weighted by Crippen LogP contribution is -2.36. The van der Waals surface area contributed by atoms with Crippen molar-refractivity contribution < 1.29 is 13.5 Å². The molecule has 0 unspecified atom stereocenters. The third-order valence-corrected chi connectivity index (χ3v) is 6.45. The van der Waals surface area contributed by atoms with E-state index in [0.29, 0.717) is 13.1 Å². The number of hydrogen-bond acceptors (Lipinski definition) is 4. The zero-order valence-corrected chi connectivity index (χ0v) is 15.4. The second kappa shape index (κ2) is 7.02. The average Bonchev–Trinajstić information content (AvgIpc) is 2.55. The Morgan fingerprint density at radius 1 is 1.25 bits per heavy atom. The van der Waals surface area contributed by atoms with Gasteiger partial charge in [-0.15, -0.1) is 0 Å². The first-order valence-electron chi connectivity index (χ1n) is 8.85. The Kier molecular flexibility index (Phi) is 5.18. The van der Waals surface area contributed by atoms with Gasteiger partial charge in [0.1, 0.15) is 0 Å². The topological polar surface area (TPSA) is 60.9 Å². The van der Waals surface area contributed by atoms with Crippen LogP contribution in [0.1, 0.15) is 43.4 Å². The van der Waals surface area contributed by atoms with Crippen molar-refractivity contribution in [2.45, 2.75) is 38.7 Å². The van der Waals surface area contributed by atoms with E-state index in [9.17, 15) is 13.5 Å². The predicted molar refractivity (Wildman–Crippen MR) is 96.8 cm³/mol. The number of nitrogens with zero attached hydrogens (tertiary/aromatic N) is 2. The van der Waals surface area contributed by atoms with Crippen molar-refractivity contribution in [3.63, 3.8) is 0 Å². The van der Waals surface area contributed by atoms with Crippen molar-refractivity contribution in [3.8, 4) is 0 Å². The van der Waals surface area contributed by atoms with Gasteiger partial charge >= 0.3 is 0 Å². The van der Waals surface area contributed by atoms with Crippen molar-refractivity contribution >= 4 is 15.7 Å². The molecule has 3 rings (SSSR count). The summed E-state index contributed by atoms with van der Waals surface area (Å²) in [5.74, 6) is 0.782. The first-order valence-corrected chi connectivity index (χ1v) is 10.7. The molecule has 1 saturated heterocycles. The van der Waals surface area contributed by atoms with Crippen LogP contribution < -0.4 is 4.31 Å². The van der Waals surface area contributed by atoms with Crippen LogP contribution in [0.4, 0.5) is 5.69 Å². The highest BCUT2D eigenvalue weighted by molar-refractivity contribution is 7.92. The van der Waals surface area contributed by atoms with Crippen LogP contribution in [0.15, 0.2) is 18.2 Å². The SMILES string of the molecule is CC1CCN(C[C@@H](O)c2ccc3c(c2)CCCN3S(C)(=O)=O)CC1. The van der Waals surface area contributed by atoms with E-state index in [2.05, 4.69) is 11.8 Å². The molecule has 0 spiro atoms. The number of likely N-dealkylation sites (tertiary alicyclic amines) is 1. The highest BCUT2D eigenvalue weighted by Crippen LogP contribution is 2.31. The first-order chi connectivity index (χ1) is 11.3. The van der Waals surface area contributed by atoms with E-state index in [0.717, 1.165) is 48.7 Å². The number of fused-ring (bicyclic) bond motifs is 1. The van der Waals surface area contributed by atoms with Gasteiger partial charge in [-0.1, -0.05) is 19.1 Å². The minimum Gasteiger partial charge on any atom is -0.387 e. The Morgan fingerprint density at radius 2 is 1.96 bits per heavy atom. The Morgan fingerprint density at radius 3 is 2.62 bits per heavy atom. The maximum Gasteiger partial charge on any atom is 0.232 e. The first kappa shape index (κ1) is 17.7. The van der Waals surface area contributed by atoms with Crippen LogP contribution in [0.5, 0.6) is 0 Å². The van der Waals surface area contributed by atoms with E-state index >= 15 is 0 Å². The molecule has 6 heteroatoms. The normalized spacial score (nSPS) is 21.5. The number of piperidine rings is 1. The standard InChI is InChI=1S/C18H28N2O3S/c1-14-7-10-19(11-8-14)13-18(21)16-5-6-17-15(12-16)4-3-9-20(17)24(2,22)23/h5-6,12,14,18,21H,3-4,7-11,13H2,1-2H3/t18-/m1/s1. The summed E-state index contributed by atoms with van der Waals surface area (Å²) in [5.41, 5.74) is 2.68. The van der Waals surface area contributed by atoms with Crippen molar-refractivity contribution in [1.29, 1.82) is 0 Å². The molecule has 0 aromatic heterocycles. The third-order valence-electron chi connectivity index (χ3n) is 5.27. The van der Waals surface area contributed by atoms with E-state index < -0.39 is 16.1 Å². The lowest BCUT2D eigenvalue weighted by molar-refractivity contribution is 0.0916. The third kappa shape index (κ3) is 3.92. The molecule has 0 radical (unpaired) electrons. The van der Waals surface area contributed by atoms with E-state index in [1.807, 2.05) is 18.2 Å². The average molecular weight is 353 g/mol. The quantitative estimate of drug-likeness (QED) is 0.902. The lowest BCUT2D eigenvalue weighted by Gasteiger charge is -2.32. The van der Waals surface area contributed by atoms with Crippen molar-refractivity contribution in [3.05, 3.63) is 29.3 Å². The van der Waals surface area contributed by atoms with Gasteiger partial charge in [-0.2, -0.15) is 0 Å². The van der Waals surface area contributed by atoms with E-state index in [-0.39, 0.29) is 0 Å². The molecule has 134 valence electrons. The molecular weight excluding hydrogens is 324 g/mol. The molecule has 0 saturated carbocycles. The van der Waals surface area contributed by atoms with Crippen molar-refractivity contribution in [2.75, 3.05) is 36.7 Å². The predicted octanol–water partition coefficient (Wildman–Crippen LogP) is 2.16. The number of hydrogen-bond donors (Lipinski definition) is 1. The van der Waals surface area contributed by atoms with Crippen LogP contribution >= 0.6 is 0 Å². The Labute approximate surface area is 145 Å². The van der Waals surface area contributed by atoms with Gasteiger partial charge < -0.3 is 10.0 Å². The molecule has 5 nitrogen and oxygen atoms in total. The minimum absolute atomic E-state index is 0.516. The fourth-order valence-corrected chi connectivity index (χ4v) is 4.73. The van der Waals surface area contributed by atoms with Crippen LogP contribution in [-0.4, -0.2) is 50.9 Å². The van der Waals surface area contributed by atoms with Gasteiger partial charge in [0, 0.05) is 13.1 Å². The molecule has 1 aromatic rings. The van der Waals surface area contributed by atoms with Gasteiger partial charge in [-0.25, -0.2) is 8.42 Å². The van der Waals surface area contributed by atoms with Gasteiger partial charge in [-0.05, 0) is 61.9 Å². The summed E-state index contributed by atoms with van der Waals surface area (Å²) in [6.45, 7) is 5.57. The molecule has 1 atom stereocenters. The number of rotatable bonds is 4. The highest BCUT2D eigenvalue weighted by atomic mass is 32.2. The fraction of sp³-hybridized carbons (Fsp3) is 0.667. The number of aryl methyl sites for hydroxylation is 1. The zero-order chi connectivity index (χ0) is 17.3. The summed E-state index contributed by atoms with van der Waals surface area (Å²) < 4.78 is 25.3. The second-order valence-corrected chi connectivity index (χ2v) is 9.23. The highest BCUT2D eigenvalue weighted by Gasteiger charge is 2.25. The van der Waals surface area contributed by atoms with Crippen LogP contribution in [0.25, 0.3) is 0 Å². The Bertz CT molecular complexity index is 682. The smallest absolute Gasteiger partial charge is 0.232 e. The summed E-state index contributed by atoms with van der Waals surface area (Å²) in [4.78, 5) is 2.33. The van der Waals surface area contributed by atoms with Crippen LogP contribution in [-0.2, 0) is 16.4 Å². The number of anilines is 1. The molecule has 24 heavy (non-hydrogen) atoms. The van der Waals surface area contributed by atoms with Gasteiger partial charge in [-0.3, -0.25) is 4.31 Å². The largest absolute Gasteiger partial charge is 0.387 e. The van der Waals surface area contributed by atoms with Crippen molar-refractivity contribution in [2.24, 2.45) is 5.92 Å². The molecule has 2 aliphatic rings. The number of β-amino-alcohol motifs (C(OH)–C–C–N with tert-alkyl or cyclic N) is 1.